The largest absolute Gasteiger partial charge is 0.494 e. The fraction of sp³-hybridized carbons (Fsp3) is 0.417. The molecule has 6 heteroatoms. The van der Waals surface area contributed by atoms with E-state index in [9.17, 15) is 9.59 Å². The Labute approximate surface area is 179 Å². The first kappa shape index (κ1) is 23.3. The van der Waals surface area contributed by atoms with Crippen molar-refractivity contribution >= 4 is 28.9 Å². The molecule has 0 aliphatic rings. The lowest BCUT2D eigenvalue weighted by Crippen LogP contribution is -2.23. The minimum Gasteiger partial charge on any atom is -0.494 e. The van der Waals surface area contributed by atoms with Crippen molar-refractivity contribution in [3.05, 3.63) is 48.5 Å². The van der Waals surface area contributed by atoms with Crippen molar-refractivity contribution < 1.29 is 14.3 Å². The highest BCUT2D eigenvalue weighted by Crippen LogP contribution is 2.18. The van der Waals surface area contributed by atoms with Crippen LogP contribution in [0.4, 0.5) is 17.1 Å². The Morgan fingerprint density at radius 2 is 1.53 bits per heavy atom. The van der Waals surface area contributed by atoms with Gasteiger partial charge in [-0.1, -0.05) is 32.6 Å². The maximum Gasteiger partial charge on any atom is 0.243 e. The van der Waals surface area contributed by atoms with Crippen LogP contribution < -0.4 is 20.3 Å². The van der Waals surface area contributed by atoms with E-state index >= 15 is 0 Å². The second kappa shape index (κ2) is 12.5. The van der Waals surface area contributed by atoms with Gasteiger partial charge in [0.15, 0.2) is 0 Å². The Morgan fingerprint density at radius 1 is 0.900 bits per heavy atom. The molecular weight excluding hydrogens is 378 g/mol. The topological polar surface area (TPSA) is 70.7 Å². The van der Waals surface area contributed by atoms with E-state index in [-0.39, 0.29) is 18.4 Å². The average molecular weight is 412 g/mol. The molecular formula is C24H33N3O3. The smallest absolute Gasteiger partial charge is 0.243 e. The first-order chi connectivity index (χ1) is 14.5. The predicted molar refractivity (Wildman–Crippen MR) is 123 cm³/mol. The molecule has 0 bridgehead atoms. The van der Waals surface area contributed by atoms with Gasteiger partial charge < -0.3 is 20.3 Å². The molecule has 0 atom stereocenters. The van der Waals surface area contributed by atoms with Gasteiger partial charge in [-0.15, -0.1) is 0 Å². The lowest BCUT2D eigenvalue weighted by atomic mass is 10.2. The minimum atomic E-state index is -0.135. The summed E-state index contributed by atoms with van der Waals surface area (Å²) in [5, 5.41) is 5.94. The molecule has 2 amide bonds. The van der Waals surface area contributed by atoms with Crippen molar-refractivity contribution in [3.8, 4) is 5.75 Å². The SMILES string of the molecule is CCCCCCCOc1ccc(NC(=O)CNc2ccc(N(C)C(C)=O)cc2)cc1. The van der Waals surface area contributed by atoms with Crippen LogP contribution in [-0.2, 0) is 9.59 Å². The normalized spacial score (nSPS) is 10.4. The molecule has 0 aromatic heterocycles. The Morgan fingerprint density at radius 3 is 2.17 bits per heavy atom. The summed E-state index contributed by atoms with van der Waals surface area (Å²) in [6, 6.07) is 14.8. The number of hydrogen-bond acceptors (Lipinski definition) is 4. The Bertz CT molecular complexity index is 788. The number of amides is 2. The molecule has 2 aromatic rings. The average Bonchev–Trinajstić information content (AvgIpc) is 2.75. The molecule has 2 N–H and O–H groups in total. The zero-order valence-electron chi connectivity index (χ0n) is 18.2. The fourth-order valence-electron chi connectivity index (χ4n) is 2.90. The van der Waals surface area contributed by atoms with Crippen LogP contribution in [0.15, 0.2) is 48.5 Å². The number of anilines is 3. The third-order valence-electron chi connectivity index (χ3n) is 4.83. The van der Waals surface area contributed by atoms with Crippen molar-refractivity contribution in [2.75, 3.05) is 35.7 Å². The first-order valence-electron chi connectivity index (χ1n) is 10.6. The number of nitrogens with zero attached hydrogens (tertiary/aromatic N) is 1. The highest BCUT2D eigenvalue weighted by atomic mass is 16.5. The van der Waals surface area contributed by atoms with E-state index < -0.39 is 0 Å². The fourth-order valence-corrected chi connectivity index (χ4v) is 2.90. The van der Waals surface area contributed by atoms with Crippen molar-refractivity contribution in [2.24, 2.45) is 0 Å². The number of nitrogens with one attached hydrogen (secondary N) is 2. The van der Waals surface area contributed by atoms with E-state index in [1.807, 2.05) is 48.5 Å². The summed E-state index contributed by atoms with van der Waals surface area (Å²) in [6.07, 6.45) is 6.06. The molecule has 0 saturated carbocycles. The van der Waals surface area contributed by atoms with Gasteiger partial charge in [0.1, 0.15) is 5.75 Å². The zero-order chi connectivity index (χ0) is 21.8. The van der Waals surface area contributed by atoms with E-state index in [2.05, 4.69) is 17.6 Å². The third-order valence-corrected chi connectivity index (χ3v) is 4.83. The Kier molecular flexibility index (Phi) is 9.71. The summed E-state index contributed by atoms with van der Waals surface area (Å²) in [7, 11) is 1.72. The summed E-state index contributed by atoms with van der Waals surface area (Å²) in [4.78, 5) is 25.1. The summed E-state index contributed by atoms with van der Waals surface area (Å²) >= 11 is 0. The van der Waals surface area contributed by atoms with Crippen LogP contribution in [0.25, 0.3) is 0 Å². The van der Waals surface area contributed by atoms with E-state index in [1.54, 1.807) is 11.9 Å². The number of carbonyl (C=O) groups excluding carboxylic acids is 2. The van der Waals surface area contributed by atoms with E-state index in [0.29, 0.717) is 0 Å². The van der Waals surface area contributed by atoms with Crippen molar-refractivity contribution in [1.29, 1.82) is 0 Å². The number of benzene rings is 2. The highest BCUT2D eigenvalue weighted by Gasteiger charge is 2.06. The Hall–Kier alpha value is -3.02. The van der Waals surface area contributed by atoms with Crippen molar-refractivity contribution in [2.45, 2.75) is 46.0 Å². The summed E-state index contributed by atoms with van der Waals surface area (Å²) < 4.78 is 5.74. The molecule has 0 unspecified atom stereocenters. The molecule has 0 aliphatic carbocycles. The van der Waals surface area contributed by atoms with Crippen LogP contribution in [-0.4, -0.2) is 32.0 Å². The van der Waals surface area contributed by atoms with Crippen LogP contribution in [0.3, 0.4) is 0 Å². The second-order valence-corrected chi connectivity index (χ2v) is 7.31. The Balaban J connectivity index is 1.71. The predicted octanol–water partition coefficient (Wildman–Crippen LogP) is 5.07. The lowest BCUT2D eigenvalue weighted by molar-refractivity contribution is -0.116. The second-order valence-electron chi connectivity index (χ2n) is 7.31. The van der Waals surface area contributed by atoms with Crippen LogP contribution >= 0.6 is 0 Å². The molecule has 6 nitrogen and oxygen atoms in total. The summed E-state index contributed by atoms with van der Waals surface area (Å²) in [5.41, 5.74) is 2.35. The van der Waals surface area contributed by atoms with E-state index in [0.717, 1.165) is 35.8 Å². The van der Waals surface area contributed by atoms with Crippen molar-refractivity contribution in [3.63, 3.8) is 0 Å². The van der Waals surface area contributed by atoms with Gasteiger partial charge in [0, 0.05) is 31.0 Å². The molecule has 0 heterocycles. The lowest BCUT2D eigenvalue weighted by Gasteiger charge is -2.15. The van der Waals surface area contributed by atoms with Crippen LogP contribution in [0.1, 0.15) is 46.0 Å². The molecule has 2 aromatic carbocycles. The molecule has 0 radical (unpaired) electrons. The monoisotopic (exact) mass is 411 g/mol. The maximum atomic E-state index is 12.2. The third kappa shape index (κ3) is 8.15. The zero-order valence-corrected chi connectivity index (χ0v) is 18.2. The number of ether oxygens (including phenoxy) is 1. The van der Waals surface area contributed by atoms with Crippen LogP contribution in [0.2, 0.25) is 0 Å². The number of hydrogen-bond donors (Lipinski definition) is 2. The minimum absolute atomic E-state index is 0.0292. The van der Waals surface area contributed by atoms with Crippen molar-refractivity contribution in [1.82, 2.24) is 0 Å². The molecule has 0 saturated heterocycles. The van der Waals surface area contributed by atoms with Crippen LogP contribution in [0.5, 0.6) is 5.75 Å². The standard InChI is InChI=1S/C24H33N3O3/c1-4-5-6-7-8-17-30-23-15-11-21(12-16-23)26-24(29)18-25-20-9-13-22(14-10-20)27(3)19(2)28/h9-16,25H,4-8,17-18H2,1-3H3,(H,26,29). The van der Waals surface area contributed by atoms with Gasteiger partial charge in [0.25, 0.3) is 0 Å². The van der Waals surface area contributed by atoms with Gasteiger partial charge in [-0.05, 0) is 55.0 Å². The summed E-state index contributed by atoms with van der Waals surface area (Å²) in [6.45, 7) is 4.60. The number of carbonyl (C=O) groups is 2. The molecule has 162 valence electrons. The number of unbranched alkanes of at least 4 members (excludes halogenated alkanes) is 4. The molecule has 2 rings (SSSR count). The summed E-state index contributed by atoms with van der Waals surface area (Å²) in [5.74, 6) is 0.653. The molecule has 0 fully saturated rings. The van der Waals surface area contributed by atoms with Gasteiger partial charge >= 0.3 is 0 Å². The molecule has 0 spiro atoms. The molecule has 0 aliphatic heterocycles. The van der Waals surface area contributed by atoms with Gasteiger partial charge in [-0.3, -0.25) is 9.59 Å². The first-order valence-corrected chi connectivity index (χ1v) is 10.6. The van der Waals surface area contributed by atoms with Gasteiger partial charge in [-0.2, -0.15) is 0 Å². The number of rotatable bonds is 12. The van der Waals surface area contributed by atoms with Gasteiger partial charge in [-0.25, -0.2) is 0 Å². The maximum absolute atomic E-state index is 12.2. The van der Waals surface area contributed by atoms with Gasteiger partial charge in [0.05, 0.1) is 13.2 Å². The van der Waals surface area contributed by atoms with Crippen LogP contribution in [0, 0.1) is 0 Å². The van der Waals surface area contributed by atoms with E-state index in [1.165, 1.54) is 32.6 Å². The highest BCUT2D eigenvalue weighted by molar-refractivity contribution is 5.94. The molecule has 30 heavy (non-hydrogen) atoms. The quantitative estimate of drug-likeness (QED) is 0.479. The van der Waals surface area contributed by atoms with Gasteiger partial charge in [0.2, 0.25) is 11.8 Å². The van der Waals surface area contributed by atoms with E-state index in [4.69, 9.17) is 4.74 Å².